The van der Waals surface area contributed by atoms with Gasteiger partial charge in [0.05, 0.1) is 5.54 Å². The number of nitrogens with zero attached hydrogens (tertiary/aromatic N) is 2. The van der Waals surface area contributed by atoms with Gasteiger partial charge in [0, 0.05) is 50.0 Å². The predicted molar refractivity (Wildman–Crippen MR) is 118 cm³/mol. The van der Waals surface area contributed by atoms with Crippen LogP contribution in [0.2, 0.25) is 0 Å². The van der Waals surface area contributed by atoms with E-state index in [1.54, 1.807) is 0 Å². The molecule has 0 spiro atoms. The zero-order chi connectivity index (χ0) is 18.0. The van der Waals surface area contributed by atoms with Crippen LogP contribution in [0, 0.1) is 5.92 Å². The minimum absolute atomic E-state index is 0. The number of carbonyl (C=O) groups is 1. The minimum Gasteiger partial charge on any atom is -0.369 e. The summed E-state index contributed by atoms with van der Waals surface area (Å²) in [5.41, 5.74) is 7.54. The quantitative estimate of drug-likeness (QED) is 0.747. The molecule has 154 valence electrons. The highest BCUT2D eigenvalue weighted by Crippen LogP contribution is 2.39. The van der Waals surface area contributed by atoms with Gasteiger partial charge in [0.1, 0.15) is 0 Å². The van der Waals surface area contributed by atoms with Crippen molar-refractivity contribution < 1.29 is 4.79 Å². The molecular formula is C20H34Cl2N4O. The Morgan fingerprint density at radius 2 is 1.70 bits per heavy atom. The molecule has 27 heavy (non-hydrogen) atoms. The van der Waals surface area contributed by atoms with Gasteiger partial charge in [0.25, 0.3) is 5.91 Å². The molecular weight excluding hydrogens is 383 g/mol. The van der Waals surface area contributed by atoms with E-state index in [0.29, 0.717) is 24.1 Å². The number of benzene rings is 1. The normalized spacial score (nSPS) is 19.7. The third kappa shape index (κ3) is 5.74. The third-order valence-corrected chi connectivity index (χ3v) is 5.84. The van der Waals surface area contributed by atoms with Gasteiger partial charge in [-0.25, -0.2) is 0 Å². The molecule has 1 aliphatic carbocycles. The highest BCUT2D eigenvalue weighted by molar-refractivity contribution is 5.95. The Labute approximate surface area is 175 Å². The first kappa shape index (κ1) is 24.0. The molecule has 0 bridgehead atoms. The second-order valence-electron chi connectivity index (χ2n) is 8.01. The summed E-state index contributed by atoms with van der Waals surface area (Å²) in [4.78, 5) is 17.5. The number of nitrogens with two attached hydrogens (primary N) is 1. The largest absolute Gasteiger partial charge is 0.369 e. The Bertz CT molecular complexity index is 599. The van der Waals surface area contributed by atoms with Gasteiger partial charge in [-0.2, -0.15) is 0 Å². The van der Waals surface area contributed by atoms with Crippen LogP contribution in [0.15, 0.2) is 24.3 Å². The highest BCUT2D eigenvalue weighted by Gasteiger charge is 2.41. The monoisotopic (exact) mass is 416 g/mol. The van der Waals surface area contributed by atoms with E-state index in [2.05, 4.69) is 48.0 Å². The highest BCUT2D eigenvalue weighted by atomic mass is 35.5. The molecule has 1 atom stereocenters. The van der Waals surface area contributed by atoms with E-state index in [-0.39, 0.29) is 36.3 Å². The van der Waals surface area contributed by atoms with Gasteiger partial charge in [-0.1, -0.05) is 0 Å². The van der Waals surface area contributed by atoms with E-state index < -0.39 is 0 Å². The summed E-state index contributed by atoms with van der Waals surface area (Å²) >= 11 is 0. The van der Waals surface area contributed by atoms with Crippen LogP contribution in [0.1, 0.15) is 44.0 Å². The number of nitrogens with one attached hydrogen (secondary N) is 1. The van der Waals surface area contributed by atoms with Crippen molar-refractivity contribution in [3.8, 4) is 0 Å². The Balaban J connectivity index is 0.00000182. The van der Waals surface area contributed by atoms with E-state index in [1.807, 2.05) is 12.1 Å². The van der Waals surface area contributed by atoms with E-state index in [9.17, 15) is 4.79 Å². The molecule has 1 unspecified atom stereocenters. The lowest BCUT2D eigenvalue weighted by molar-refractivity contribution is 0.0898. The summed E-state index contributed by atoms with van der Waals surface area (Å²) in [6.07, 6.45) is 2.32. The molecule has 2 fully saturated rings. The SMILES string of the molecule is CC(C)N1CCN(c2ccc(C(=O)NC(C)(CN)C3CC3)cc2)CC1.Cl.Cl. The van der Waals surface area contributed by atoms with Crippen LogP contribution in [0.4, 0.5) is 5.69 Å². The zero-order valence-electron chi connectivity index (χ0n) is 16.6. The maximum absolute atomic E-state index is 12.6. The molecule has 7 heteroatoms. The van der Waals surface area contributed by atoms with Crippen LogP contribution >= 0.6 is 24.8 Å². The van der Waals surface area contributed by atoms with Crippen molar-refractivity contribution in [1.29, 1.82) is 0 Å². The van der Waals surface area contributed by atoms with E-state index in [4.69, 9.17) is 5.73 Å². The minimum atomic E-state index is -0.275. The summed E-state index contributed by atoms with van der Waals surface area (Å²) < 4.78 is 0. The molecule has 1 saturated carbocycles. The molecule has 3 N–H and O–H groups in total. The van der Waals surface area contributed by atoms with Gasteiger partial charge in [-0.05, 0) is 63.8 Å². The van der Waals surface area contributed by atoms with Gasteiger partial charge < -0.3 is 16.0 Å². The summed E-state index contributed by atoms with van der Waals surface area (Å²) in [5, 5.41) is 3.15. The number of amides is 1. The van der Waals surface area contributed by atoms with Crippen LogP contribution in [-0.2, 0) is 0 Å². The lowest BCUT2D eigenvalue weighted by atomic mass is 9.95. The standard InChI is InChI=1S/C20H32N4O.2ClH/c1-15(2)23-10-12-24(13-11-23)18-8-4-16(5-9-18)19(25)22-20(3,14-21)17-6-7-17;;/h4-5,8-9,15,17H,6-7,10-14,21H2,1-3H3,(H,22,25);2*1H. The number of hydrogen-bond donors (Lipinski definition) is 2. The lowest BCUT2D eigenvalue weighted by Crippen LogP contribution is -2.53. The van der Waals surface area contributed by atoms with Crippen molar-refractivity contribution in [3.63, 3.8) is 0 Å². The van der Waals surface area contributed by atoms with Gasteiger partial charge in [-0.15, -0.1) is 24.8 Å². The van der Waals surface area contributed by atoms with Crippen molar-refractivity contribution in [3.05, 3.63) is 29.8 Å². The predicted octanol–water partition coefficient (Wildman–Crippen LogP) is 2.92. The molecule has 3 rings (SSSR count). The number of anilines is 1. The first-order valence-corrected chi connectivity index (χ1v) is 9.54. The van der Waals surface area contributed by atoms with Crippen molar-refractivity contribution in [2.75, 3.05) is 37.6 Å². The summed E-state index contributed by atoms with van der Waals surface area (Å²) in [6, 6.07) is 8.61. The fourth-order valence-corrected chi connectivity index (χ4v) is 3.69. The van der Waals surface area contributed by atoms with Crippen molar-refractivity contribution in [2.24, 2.45) is 11.7 Å². The van der Waals surface area contributed by atoms with Crippen molar-refractivity contribution in [1.82, 2.24) is 10.2 Å². The van der Waals surface area contributed by atoms with E-state index in [1.165, 1.54) is 5.69 Å². The molecule has 1 aromatic rings. The van der Waals surface area contributed by atoms with Crippen LogP contribution in [0.25, 0.3) is 0 Å². The fourth-order valence-electron chi connectivity index (χ4n) is 3.69. The molecule has 1 heterocycles. The van der Waals surface area contributed by atoms with Crippen LogP contribution in [-0.4, -0.2) is 55.1 Å². The maximum Gasteiger partial charge on any atom is 0.251 e. The molecule has 1 amide bonds. The number of halogens is 2. The Hall–Kier alpha value is -1.01. The van der Waals surface area contributed by atoms with Crippen LogP contribution in [0.5, 0.6) is 0 Å². The lowest BCUT2D eigenvalue weighted by Gasteiger charge is -2.38. The van der Waals surface area contributed by atoms with Gasteiger partial charge >= 0.3 is 0 Å². The molecule has 5 nitrogen and oxygen atoms in total. The van der Waals surface area contributed by atoms with Crippen LogP contribution < -0.4 is 16.0 Å². The van der Waals surface area contributed by atoms with Crippen molar-refractivity contribution in [2.45, 2.75) is 45.2 Å². The first-order valence-electron chi connectivity index (χ1n) is 9.54. The molecule has 0 aromatic heterocycles. The molecule has 0 radical (unpaired) electrons. The smallest absolute Gasteiger partial charge is 0.251 e. The second-order valence-corrected chi connectivity index (χ2v) is 8.01. The average molecular weight is 417 g/mol. The first-order chi connectivity index (χ1) is 11.9. The second kappa shape index (κ2) is 9.97. The maximum atomic E-state index is 12.6. The summed E-state index contributed by atoms with van der Waals surface area (Å²) in [6.45, 7) is 11.3. The van der Waals surface area contributed by atoms with Crippen LogP contribution in [0.3, 0.4) is 0 Å². The number of piperazine rings is 1. The zero-order valence-corrected chi connectivity index (χ0v) is 18.2. The third-order valence-electron chi connectivity index (χ3n) is 5.84. The average Bonchev–Trinajstić information content (AvgIpc) is 3.47. The molecule has 1 saturated heterocycles. The Kier molecular flexibility index (Phi) is 8.87. The Morgan fingerprint density at radius 3 is 2.15 bits per heavy atom. The number of rotatable bonds is 6. The van der Waals surface area contributed by atoms with Gasteiger partial charge in [0.15, 0.2) is 0 Å². The topological polar surface area (TPSA) is 61.6 Å². The number of carbonyl (C=O) groups excluding carboxylic acids is 1. The molecule has 2 aliphatic rings. The van der Waals surface area contributed by atoms with E-state index in [0.717, 1.165) is 39.0 Å². The molecule has 1 aliphatic heterocycles. The molecule has 1 aromatic carbocycles. The van der Waals surface area contributed by atoms with E-state index >= 15 is 0 Å². The van der Waals surface area contributed by atoms with Gasteiger partial charge in [0.2, 0.25) is 0 Å². The summed E-state index contributed by atoms with van der Waals surface area (Å²) in [5.74, 6) is 0.508. The van der Waals surface area contributed by atoms with Crippen molar-refractivity contribution >= 4 is 36.4 Å². The Morgan fingerprint density at radius 1 is 1.15 bits per heavy atom. The fraction of sp³-hybridized carbons (Fsp3) is 0.650. The number of hydrogen-bond acceptors (Lipinski definition) is 4. The summed E-state index contributed by atoms with van der Waals surface area (Å²) in [7, 11) is 0. The van der Waals surface area contributed by atoms with Gasteiger partial charge in [-0.3, -0.25) is 9.69 Å².